The number of hydrogen-bond donors (Lipinski definition) is 0. The van der Waals surface area contributed by atoms with E-state index in [1.807, 2.05) is 0 Å². The van der Waals surface area contributed by atoms with E-state index in [9.17, 15) is 0 Å². The van der Waals surface area contributed by atoms with Gasteiger partial charge in [-0.1, -0.05) is 27.2 Å². The van der Waals surface area contributed by atoms with Crippen LogP contribution in [-0.4, -0.2) is 9.78 Å². The smallest absolute Gasteiger partial charge is 0.0621 e. The first kappa shape index (κ1) is 11.3. The zero-order chi connectivity index (χ0) is 10.4. The molecule has 2 heteroatoms. The van der Waals surface area contributed by atoms with E-state index in [0.717, 1.165) is 18.9 Å². The van der Waals surface area contributed by atoms with Crippen LogP contribution in [0.3, 0.4) is 0 Å². The van der Waals surface area contributed by atoms with Gasteiger partial charge in [0.15, 0.2) is 0 Å². The molecule has 2 rings (SSSR count). The molecule has 0 saturated heterocycles. The molecule has 0 N–H and O–H groups in total. The minimum absolute atomic E-state index is 0.930. The molecule has 1 aromatic rings. The van der Waals surface area contributed by atoms with Gasteiger partial charge in [-0.05, 0) is 31.2 Å². The molecule has 1 aromatic heterocycles. The summed E-state index contributed by atoms with van der Waals surface area (Å²) in [6, 6.07) is 2.11. The topological polar surface area (TPSA) is 17.8 Å². The first-order chi connectivity index (χ1) is 6.80. The molecule has 0 aliphatic heterocycles. The Balaban J connectivity index is 0.000000293. The maximum Gasteiger partial charge on any atom is 0.0621 e. The Morgan fingerprint density at radius 1 is 1.36 bits per heavy atom. The SMILES string of the molecule is CCC.CCc1ccn(CC2CC2)n1. The third-order valence-electron chi connectivity index (χ3n) is 2.20. The maximum atomic E-state index is 4.43. The van der Waals surface area contributed by atoms with E-state index in [1.165, 1.54) is 25.0 Å². The molecule has 2 nitrogen and oxygen atoms in total. The summed E-state index contributed by atoms with van der Waals surface area (Å²) in [6.45, 7) is 7.53. The Hall–Kier alpha value is -0.790. The second kappa shape index (κ2) is 5.84. The van der Waals surface area contributed by atoms with Gasteiger partial charge in [-0.15, -0.1) is 0 Å². The zero-order valence-electron chi connectivity index (χ0n) is 9.66. The molecule has 0 spiro atoms. The molecule has 0 bridgehead atoms. The number of rotatable bonds is 3. The number of nitrogens with zero attached hydrogens (tertiary/aromatic N) is 2. The van der Waals surface area contributed by atoms with Crippen molar-refractivity contribution in [1.29, 1.82) is 0 Å². The quantitative estimate of drug-likeness (QED) is 0.722. The molecule has 1 heterocycles. The molecular weight excluding hydrogens is 172 g/mol. The van der Waals surface area contributed by atoms with E-state index in [2.05, 4.69) is 42.8 Å². The fourth-order valence-corrected chi connectivity index (χ4v) is 1.26. The largest absolute Gasteiger partial charge is 0.272 e. The molecule has 1 fully saturated rings. The van der Waals surface area contributed by atoms with Crippen LogP contribution in [-0.2, 0) is 13.0 Å². The molecule has 1 aliphatic carbocycles. The fraction of sp³-hybridized carbons (Fsp3) is 0.750. The van der Waals surface area contributed by atoms with Crippen LogP contribution in [0.25, 0.3) is 0 Å². The normalized spacial score (nSPS) is 14.8. The molecule has 0 aromatic carbocycles. The number of aryl methyl sites for hydroxylation is 1. The lowest BCUT2D eigenvalue weighted by atomic mass is 10.4. The molecule has 1 saturated carbocycles. The van der Waals surface area contributed by atoms with Gasteiger partial charge in [0.05, 0.1) is 5.69 Å². The first-order valence-corrected chi connectivity index (χ1v) is 5.82. The summed E-state index contributed by atoms with van der Waals surface area (Å²) in [7, 11) is 0. The Labute approximate surface area is 87.3 Å². The molecule has 0 atom stereocenters. The summed E-state index contributed by atoms with van der Waals surface area (Å²) in [5.41, 5.74) is 1.21. The average Bonchev–Trinajstić information content (AvgIpc) is 2.84. The molecule has 80 valence electrons. The van der Waals surface area contributed by atoms with Crippen LogP contribution in [0.4, 0.5) is 0 Å². The second-order valence-corrected chi connectivity index (χ2v) is 4.03. The Morgan fingerprint density at radius 3 is 2.43 bits per heavy atom. The van der Waals surface area contributed by atoms with Crippen LogP contribution in [0, 0.1) is 5.92 Å². The Kier molecular flexibility index (Phi) is 4.71. The van der Waals surface area contributed by atoms with Gasteiger partial charge in [-0.25, -0.2) is 0 Å². The highest BCUT2D eigenvalue weighted by atomic mass is 15.3. The van der Waals surface area contributed by atoms with E-state index >= 15 is 0 Å². The predicted molar refractivity (Wildman–Crippen MR) is 60.3 cm³/mol. The minimum Gasteiger partial charge on any atom is -0.272 e. The summed E-state index contributed by atoms with van der Waals surface area (Å²) in [5, 5.41) is 4.43. The molecule has 14 heavy (non-hydrogen) atoms. The Bertz CT molecular complexity index is 249. The summed E-state index contributed by atoms with van der Waals surface area (Å²) < 4.78 is 2.08. The average molecular weight is 194 g/mol. The van der Waals surface area contributed by atoms with E-state index in [0.29, 0.717) is 0 Å². The maximum absolute atomic E-state index is 4.43. The number of aromatic nitrogens is 2. The standard InChI is InChI=1S/C9H14N2.C3H8/c1-2-9-5-6-11(10-9)7-8-3-4-8;1-3-2/h5-6,8H,2-4,7H2,1H3;3H2,1-2H3. The summed E-state index contributed by atoms with van der Waals surface area (Å²) in [6.07, 6.45) is 7.21. The van der Waals surface area contributed by atoms with Crippen molar-refractivity contribution in [2.24, 2.45) is 5.92 Å². The van der Waals surface area contributed by atoms with Crippen molar-refractivity contribution in [1.82, 2.24) is 9.78 Å². The van der Waals surface area contributed by atoms with Gasteiger partial charge in [0.1, 0.15) is 0 Å². The van der Waals surface area contributed by atoms with Gasteiger partial charge in [-0.2, -0.15) is 5.10 Å². The third kappa shape index (κ3) is 3.95. The minimum atomic E-state index is 0.930. The van der Waals surface area contributed by atoms with Gasteiger partial charge >= 0.3 is 0 Å². The zero-order valence-corrected chi connectivity index (χ0v) is 9.66. The lowest BCUT2D eigenvalue weighted by Crippen LogP contribution is -2.00. The van der Waals surface area contributed by atoms with E-state index < -0.39 is 0 Å². The second-order valence-electron chi connectivity index (χ2n) is 4.03. The summed E-state index contributed by atoms with van der Waals surface area (Å²) in [5.74, 6) is 0.930. The van der Waals surface area contributed by atoms with Crippen molar-refractivity contribution in [2.45, 2.75) is 53.0 Å². The van der Waals surface area contributed by atoms with Crippen molar-refractivity contribution in [2.75, 3.05) is 0 Å². The molecule has 0 radical (unpaired) electrons. The van der Waals surface area contributed by atoms with Gasteiger partial charge in [-0.3, -0.25) is 4.68 Å². The molecule has 1 aliphatic rings. The predicted octanol–water partition coefficient (Wildman–Crippen LogP) is 3.27. The van der Waals surface area contributed by atoms with E-state index in [-0.39, 0.29) is 0 Å². The number of hydrogen-bond acceptors (Lipinski definition) is 1. The monoisotopic (exact) mass is 194 g/mol. The van der Waals surface area contributed by atoms with Gasteiger partial charge < -0.3 is 0 Å². The van der Waals surface area contributed by atoms with Crippen LogP contribution < -0.4 is 0 Å². The van der Waals surface area contributed by atoms with Crippen molar-refractivity contribution in [3.8, 4) is 0 Å². The summed E-state index contributed by atoms with van der Waals surface area (Å²) in [4.78, 5) is 0. The van der Waals surface area contributed by atoms with Gasteiger partial charge in [0.25, 0.3) is 0 Å². The van der Waals surface area contributed by atoms with E-state index in [1.54, 1.807) is 0 Å². The van der Waals surface area contributed by atoms with Crippen LogP contribution in [0.15, 0.2) is 12.3 Å². The third-order valence-corrected chi connectivity index (χ3v) is 2.20. The summed E-state index contributed by atoms with van der Waals surface area (Å²) >= 11 is 0. The highest BCUT2D eigenvalue weighted by Gasteiger charge is 2.21. The van der Waals surface area contributed by atoms with Gasteiger partial charge in [0.2, 0.25) is 0 Å². The van der Waals surface area contributed by atoms with E-state index in [4.69, 9.17) is 0 Å². The highest BCUT2D eigenvalue weighted by Crippen LogP contribution is 2.30. The van der Waals surface area contributed by atoms with Crippen LogP contribution >= 0.6 is 0 Å². The van der Waals surface area contributed by atoms with Crippen LogP contribution in [0.2, 0.25) is 0 Å². The van der Waals surface area contributed by atoms with Crippen LogP contribution in [0.1, 0.15) is 45.7 Å². The van der Waals surface area contributed by atoms with Crippen molar-refractivity contribution in [3.05, 3.63) is 18.0 Å². The Morgan fingerprint density at radius 2 is 2.00 bits per heavy atom. The lowest BCUT2D eigenvalue weighted by molar-refractivity contribution is 0.557. The van der Waals surface area contributed by atoms with Crippen molar-refractivity contribution in [3.63, 3.8) is 0 Å². The molecular formula is C12H22N2. The lowest BCUT2D eigenvalue weighted by Gasteiger charge is -1.96. The van der Waals surface area contributed by atoms with Crippen LogP contribution in [0.5, 0.6) is 0 Å². The molecule has 0 amide bonds. The highest BCUT2D eigenvalue weighted by molar-refractivity contribution is 4.98. The van der Waals surface area contributed by atoms with Crippen molar-refractivity contribution < 1.29 is 0 Å². The molecule has 0 unspecified atom stereocenters. The van der Waals surface area contributed by atoms with Gasteiger partial charge in [0, 0.05) is 12.7 Å². The fourth-order valence-electron chi connectivity index (χ4n) is 1.26. The first-order valence-electron chi connectivity index (χ1n) is 5.82. The van der Waals surface area contributed by atoms with Crippen molar-refractivity contribution >= 4 is 0 Å².